The smallest absolute Gasteiger partial charge is 0.115 e. The molecule has 2 aromatic heterocycles. The van der Waals surface area contributed by atoms with Gasteiger partial charge in [-0.1, -0.05) is 6.92 Å². The lowest BCUT2D eigenvalue weighted by molar-refractivity contribution is 0.872. The van der Waals surface area contributed by atoms with Crippen molar-refractivity contribution in [3.63, 3.8) is 0 Å². The number of nitrogens with zero attached hydrogens (tertiary/aromatic N) is 1. The fraction of sp³-hybridized carbons (Fsp3) is 0.364. The molecule has 1 unspecified atom stereocenters. The van der Waals surface area contributed by atoms with Crippen LogP contribution in [0.1, 0.15) is 33.4 Å². The normalized spacial score (nSPS) is 13.0. The molecule has 0 aromatic carbocycles. The molecule has 80 valence electrons. The zero-order chi connectivity index (χ0) is 10.8. The molecule has 0 bridgehead atoms. The molecular weight excluding hydrogens is 224 g/mol. The molecule has 2 rings (SSSR count). The van der Waals surface area contributed by atoms with Crippen LogP contribution in [-0.4, -0.2) is 4.98 Å². The van der Waals surface area contributed by atoms with Gasteiger partial charge in [-0.25, -0.2) is 4.98 Å². The zero-order valence-corrected chi connectivity index (χ0v) is 10.5. The summed E-state index contributed by atoms with van der Waals surface area (Å²) in [6.45, 7) is 4.16. The van der Waals surface area contributed by atoms with Crippen molar-refractivity contribution in [2.75, 3.05) is 0 Å². The van der Waals surface area contributed by atoms with E-state index in [0.29, 0.717) is 0 Å². The van der Waals surface area contributed by atoms with Crippen LogP contribution in [0.2, 0.25) is 0 Å². The van der Waals surface area contributed by atoms with E-state index in [-0.39, 0.29) is 6.04 Å². The molecule has 1 atom stereocenters. The largest absolute Gasteiger partial charge is 0.318 e. The first-order valence-corrected chi connectivity index (χ1v) is 6.66. The van der Waals surface area contributed by atoms with Crippen LogP contribution in [-0.2, 0) is 6.42 Å². The summed E-state index contributed by atoms with van der Waals surface area (Å²) in [6, 6.07) is 4.22. The molecule has 0 fully saturated rings. The molecule has 0 aliphatic heterocycles. The van der Waals surface area contributed by atoms with Crippen LogP contribution in [0.25, 0.3) is 0 Å². The highest BCUT2D eigenvalue weighted by molar-refractivity contribution is 7.12. The summed E-state index contributed by atoms with van der Waals surface area (Å²) in [6.07, 6.45) is 1.08. The topological polar surface area (TPSA) is 38.9 Å². The highest BCUT2D eigenvalue weighted by Gasteiger charge is 2.14. The van der Waals surface area contributed by atoms with Crippen molar-refractivity contribution in [1.29, 1.82) is 0 Å². The quantitative estimate of drug-likeness (QED) is 0.892. The van der Waals surface area contributed by atoms with Gasteiger partial charge in [0, 0.05) is 20.8 Å². The third kappa shape index (κ3) is 2.27. The molecule has 15 heavy (non-hydrogen) atoms. The Bertz CT molecular complexity index is 445. The average Bonchev–Trinajstić information content (AvgIpc) is 2.84. The first kappa shape index (κ1) is 10.8. The van der Waals surface area contributed by atoms with E-state index in [1.54, 1.807) is 22.7 Å². The second-order valence-corrected chi connectivity index (χ2v) is 5.55. The summed E-state index contributed by atoms with van der Waals surface area (Å²) in [4.78, 5) is 7.01. The van der Waals surface area contributed by atoms with Gasteiger partial charge in [-0.3, -0.25) is 0 Å². The molecule has 4 heteroatoms. The lowest BCUT2D eigenvalue weighted by atomic mass is 10.2. The van der Waals surface area contributed by atoms with Crippen LogP contribution in [0.3, 0.4) is 0 Å². The number of hydrogen-bond donors (Lipinski definition) is 1. The van der Waals surface area contributed by atoms with Gasteiger partial charge in [0.1, 0.15) is 5.01 Å². The minimum Gasteiger partial charge on any atom is -0.318 e. The predicted octanol–water partition coefficient (Wildman–Crippen LogP) is 3.12. The van der Waals surface area contributed by atoms with Crippen molar-refractivity contribution >= 4 is 22.7 Å². The number of thiophene rings is 1. The van der Waals surface area contributed by atoms with Gasteiger partial charge in [-0.05, 0) is 25.5 Å². The molecule has 2 N–H and O–H groups in total. The molecule has 0 spiro atoms. The number of thiazole rings is 1. The van der Waals surface area contributed by atoms with Gasteiger partial charge < -0.3 is 5.73 Å². The van der Waals surface area contributed by atoms with Crippen molar-refractivity contribution in [3.05, 3.63) is 38.0 Å². The molecule has 2 aromatic rings. The predicted molar refractivity (Wildman–Crippen MR) is 66.6 cm³/mol. The van der Waals surface area contributed by atoms with Crippen LogP contribution >= 0.6 is 22.7 Å². The van der Waals surface area contributed by atoms with Gasteiger partial charge in [0.25, 0.3) is 0 Å². The van der Waals surface area contributed by atoms with Gasteiger partial charge in [0.2, 0.25) is 0 Å². The van der Waals surface area contributed by atoms with E-state index in [1.807, 2.05) is 12.3 Å². The summed E-state index contributed by atoms with van der Waals surface area (Å²) in [5, 5.41) is 3.06. The van der Waals surface area contributed by atoms with E-state index in [0.717, 1.165) is 17.1 Å². The van der Waals surface area contributed by atoms with Crippen molar-refractivity contribution in [1.82, 2.24) is 4.98 Å². The number of aromatic nitrogens is 1. The van der Waals surface area contributed by atoms with Crippen LogP contribution in [0.5, 0.6) is 0 Å². The maximum Gasteiger partial charge on any atom is 0.115 e. The Morgan fingerprint density at radius 2 is 2.27 bits per heavy atom. The molecular formula is C11H14N2S2. The van der Waals surface area contributed by atoms with Crippen LogP contribution in [0.15, 0.2) is 17.5 Å². The summed E-state index contributed by atoms with van der Waals surface area (Å²) >= 11 is 3.43. The monoisotopic (exact) mass is 238 g/mol. The SMILES string of the molecule is CCc1ccc(C(N)c2nc(C)cs2)s1. The summed E-state index contributed by atoms with van der Waals surface area (Å²) < 4.78 is 0. The van der Waals surface area contributed by atoms with E-state index >= 15 is 0 Å². The fourth-order valence-corrected chi connectivity index (χ4v) is 3.24. The van der Waals surface area contributed by atoms with Crippen LogP contribution in [0, 0.1) is 6.92 Å². The second-order valence-electron chi connectivity index (χ2n) is 3.46. The third-order valence-electron chi connectivity index (χ3n) is 2.24. The summed E-state index contributed by atoms with van der Waals surface area (Å²) in [7, 11) is 0. The minimum absolute atomic E-state index is 0.0472. The average molecular weight is 238 g/mol. The lowest BCUT2D eigenvalue weighted by Crippen LogP contribution is -2.09. The van der Waals surface area contributed by atoms with Crippen molar-refractivity contribution in [2.45, 2.75) is 26.3 Å². The molecule has 0 radical (unpaired) electrons. The van der Waals surface area contributed by atoms with E-state index in [1.165, 1.54) is 9.75 Å². The first-order chi connectivity index (χ1) is 7.20. The summed E-state index contributed by atoms with van der Waals surface area (Å²) in [5.74, 6) is 0. The molecule has 2 nitrogen and oxygen atoms in total. The number of aryl methyl sites for hydroxylation is 2. The van der Waals surface area contributed by atoms with Gasteiger partial charge in [-0.2, -0.15) is 0 Å². The highest BCUT2D eigenvalue weighted by Crippen LogP contribution is 2.28. The minimum atomic E-state index is -0.0472. The van der Waals surface area contributed by atoms with E-state index < -0.39 is 0 Å². The standard InChI is InChI=1S/C11H14N2S2/c1-3-8-4-5-9(15-8)10(12)11-13-7(2)6-14-11/h4-6,10H,3,12H2,1-2H3. The number of rotatable bonds is 3. The Hall–Kier alpha value is -0.710. The molecule has 0 amide bonds. The maximum atomic E-state index is 6.16. The van der Waals surface area contributed by atoms with Gasteiger partial charge in [0.05, 0.1) is 6.04 Å². The van der Waals surface area contributed by atoms with E-state index in [9.17, 15) is 0 Å². The first-order valence-electron chi connectivity index (χ1n) is 4.97. The Morgan fingerprint density at radius 3 is 2.80 bits per heavy atom. The van der Waals surface area contributed by atoms with Crippen molar-refractivity contribution in [2.24, 2.45) is 5.73 Å². The molecule has 0 saturated carbocycles. The van der Waals surface area contributed by atoms with Gasteiger partial charge in [0.15, 0.2) is 0 Å². The van der Waals surface area contributed by atoms with Crippen molar-refractivity contribution < 1.29 is 0 Å². The second kappa shape index (κ2) is 4.43. The Balaban J connectivity index is 2.23. The summed E-state index contributed by atoms with van der Waals surface area (Å²) in [5.41, 5.74) is 7.21. The Labute approximate surface area is 97.8 Å². The van der Waals surface area contributed by atoms with E-state index in [4.69, 9.17) is 5.73 Å². The Morgan fingerprint density at radius 1 is 1.47 bits per heavy atom. The van der Waals surface area contributed by atoms with Crippen molar-refractivity contribution in [3.8, 4) is 0 Å². The third-order valence-corrected chi connectivity index (χ3v) is 4.60. The van der Waals surface area contributed by atoms with Crippen LogP contribution in [0.4, 0.5) is 0 Å². The van der Waals surface area contributed by atoms with Crippen LogP contribution < -0.4 is 5.73 Å². The number of hydrogen-bond acceptors (Lipinski definition) is 4. The zero-order valence-electron chi connectivity index (χ0n) is 8.86. The van der Waals surface area contributed by atoms with Gasteiger partial charge in [-0.15, -0.1) is 22.7 Å². The maximum absolute atomic E-state index is 6.16. The van der Waals surface area contributed by atoms with Gasteiger partial charge >= 0.3 is 0 Å². The molecule has 2 heterocycles. The highest BCUT2D eigenvalue weighted by atomic mass is 32.1. The lowest BCUT2D eigenvalue weighted by Gasteiger charge is -2.04. The molecule has 0 aliphatic carbocycles. The number of nitrogens with two attached hydrogens (primary N) is 1. The molecule has 0 saturated heterocycles. The Kier molecular flexibility index (Phi) is 3.19. The molecule has 0 aliphatic rings. The van der Waals surface area contributed by atoms with E-state index in [2.05, 4.69) is 24.0 Å². The fourth-order valence-electron chi connectivity index (χ4n) is 1.39.